The molecule has 0 saturated heterocycles. The third-order valence-electron chi connectivity index (χ3n) is 5.02. The minimum Gasteiger partial charge on any atom is -0.495 e. The van der Waals surface area contributed by atoms with Gasteiger partial charge in [-0.3, -0.25) is 9.10 Å². The Morgan fingerprint density at radius 1 is 0.970 bits per heavy atom. The van der Waals surface area contributed by atoms with Crippen LogP contribution in [-0.4, -0.2) is 35.1 Å². The van der Waals surface area contributed by atoms with E-state index in [1.54, 1.807) is 37.3 Å². The summed E-state index contributed by atoms with van der Waals surface area (Å²) in [5.41, 5.74) is 2.39. The lowest BCUT2D eigenvalue weighted by Gasteiger charge is -2.25. The predicted molar refractivity (Wildman–Crippen MR) is 130 cm³/mol. The number of methoxy groups -OCH3 is 2. The van der Waals surface area contributed by atoms with Crippen molar-refractivity contribution in [2.45, 2.75) is 18.7 Å². The van der Waals surface area contributed by atoms with Crippen molar-refractivity contribution in [1.29, 1.82) is 0 Å². The number of carbonyl (C=O) groups is 1. The number of hydrogen-bond acceptors (Lipinski definition) is 5. The maximum Gasteiger partial charge on any atom is 0.268 e. The average molecular weight is 489 g/mol. The Hall–Kier alpha value is -3.23. The molecule has 1 N–H and O–H groups in total. The van der Waals surface area contributed by atoms with Crippen LogP contribution in [0.4, 0.5) is 11.4 Å². The van der Waals surface area contributed by atoms with Crippen LogP contribution in [-0.2, 0) is 14.8 Å². The van der Waals surface area contributed by atoms with Gasteiger partial charge in [0.05, 0.1) is 24.9 Å². The van der Waals surface area contributed by atoms with E-state index in [0.29, 0.717) is 11.4 Å². The van der Waals surface area contributed by atoms with Gasteiger partial charge in [-0.05, 0) is 61.4 Å². The smallest absolute Gasteiger partial charge is 0.268 e. The van der Waals surface area contributed by atoms with E-state index in [1.807, 2.05) is 19.1 Å². The summed E-state index contributed by atoms with van der Waals surface area (Å²) in [6.07, 6.45) is 0. The highest BCUT2D eigenvalue weighted by Crippen LogP contribution is 2.34. The summed E-state index contributed by atoms with van der Waals surface area (Å²) in [4.78, 5) is 12.9. The lowest BCUT2D eigenvalue weighted by atomic mass is 10.2. The van der Waals surface area contributed by atoms with Crippen molar-refractivity contribution in [2.75, 3.05) is 30.4 Å². The molecule has 3 aromatic carbocycles. The van der Waals surface area contributed by atoms with Gasteiger partial charge in [0.2, 0.25) is 5.91 Å². The van der Waals surface area contributed by atoms with Gasteiger partial charge in [0, 0.05) is 5.69 Å². The van der Waals surface area contributed by atoms with Gasteiger partial charge in [0.25, 0.3) is 10.0 Å². The molecule has 0 heterocycles. The summed E-state index contributed by atoms with van der Waals surface area (Å²) in [5, 5.41) is 2.99. The Labute approximate surface area is 198 Å². The number of aryl methyl sites for hydroxylation is 2. The fourth-order valence-electron chi connectivity index (χ4n) is 3.26. The van der Waals surface area contributed by atoms with E-state index in [1.165, 1.54) is 32.4 Å². The van der Waals surface area contributed by atoms with Crippen LogP contribution in [0.3, 0.4) is 0 Å². The molecule has 0 saturated carbocycles. The zero-order chi connectivity index (χ0) is 24.2. The van der Waals surface area contributed by atoms with E-state index in [0.717, 1.165) is 15.4 Å². The molecule has 0 unspecified atom stereocenters. The monoisotopic (exact) mass is 488 g/mol. The van der Waals surface area contributed by atoms with Crippen LogP contribution in [0.1, 0.15) is 11.1 Å². The van der Waals surface area contributed by atoms with E-state index < -0.39 is 22.5 Å². The summed E-state index contributed by atoms with van der Waals surface area (Å²) in [6, 6.07) is 16.6. The van der Waals surface area contributed by atoms with Crippen LogP contribution in [0.2, 0.25) is 5.02 Å². The predicted octanol–water partition coefficient (Wildman–Crippen LogP) is 4.81. The first-order chi connectivity index (χ1) is 15.7. The number of sulfonamides is 1. The Balaban J connectivity index is 2.07. The van der Waals surface area contributed by atoms with E-state index in [2.05, 4.69) is 5.32 Å². The highest BCUT2D eigenvalue weighted by atomic mass is 35.5. The van der Waals surface area contributed by atoms with Gasteiger partial charge in [0.15, 0.2) is 0 Å². The minimum absolute atomic E-state index is 0.0550. The molecule has 174 valence electrons. The second-order valence-electron chi connectivity index (χ2n) is 7.35. The first-order valence-electron chi connectivity index (χ1n) is 10.0. The van der Waals surface area contributed by atoms with Gasteiger partial charge >= 0.3 is 0 Å². The standard InChI is InChI=1S/C24H25ClN2O5S/c1-16-9-11-22(32-4)23(13-16)33(29,30)27(18-10-12-21(31-3)19(25)14-18)15-24(28)26-20-8-6-5-7-17(20)2/h5-14H,15H2,1-4H3,(H,26,28). The number of anilines is 2. The molecule has 0 aromatic heterocycles. The number of amides is 1. The molecule has 0 aliphatic heterocycles. The molecule has 3 rings (SSSR count). The maximum absolute atomic E-state index is 13.8. The molecule has 0 aliphatic carbocycles. The summed E-state index contributed by atoms with van der Waals surface area (Å²) >= 11 is 6.27. The quantitative estimate of drug-likeness (QED) is 0.492. The SMILES string of the molecule is COc1ccc(N(CC(=O)Nc2ccccc2C)S(=O)(=O)c2cc(C)ccc2OC)cc1Cl. The number of rotatable bonds is 8. The highest BCUT2D eigenvalue weighted by Gasteiger charge is 2.31. The number of nitrogens with one attached hydrogen (secondary N) is 1. The van der Waals surface area contributed by atoms with Crippen LogP contribution in [0.25, 0.3) is 0 Å². The van der Waals surface area contributed by atoms with E-state index in [-0.39, 0.29) is 21.4 Å². The van der Waals surface area contributed by atoms with Crippen molar-refractivity contribution in [3.05, 3.63) is 76.8 Å². The molecular formula is C24H25ClN2O5S. The first kappa shape index (κ1) is 24.4. The van der Waals surface area contributed by atoms with E-state index >= 15 is 0 Å². The number of halogens is 1. The highest BCUT2D eigenvalue weighted by molar-refractivity contribution is 7.93. The zero-order valence-electron chi connectivity index (χ0n) is 18.8. The first-order valence-corrected chi connectivity index (χ1v) is 11.9. The topological polar surface area (TPSA) is 84.9 Å². The average Bonchev–Trinajstić information content (AvgIpc) is 2.79. The fourth-order valence-corrected chi connectivity index (χ4v) is 5.17. The summed E-state index contributed by atoms with van der Waals surface area (Å²) in [6.45, 7) is 3.15. The lowest BCUT2D eigenvalue weighted by molar-refractivity contribution is -0.114. The Bertz CT molecular complexity index is 1280. The molecule has 0 bridgehead atoms. The molecule has 0 spiro atoms. The molecule has 3 aromatic rings. The number of carbonyl (C=O) groups excluding carboxylic acids is 1. The van der Waals surface area contributed by atoms with Crippen molar-refractivity contribution < 1.29 is 22.7 Å². The van der Waals surface area contributed by atoms with Crippen LogP contribution in [0.5, 0.6) is 11.5 Å². The van der Waals surface area contributed by atoms with Crippen LogP contribution in [0.15, 0.2) is 65.6 Å². The number of para-hydroxylation sites is 1. The molecule has 0 fully saturated rings. The Morgan fingerprint density at radius 3 is 2.27 bits per heavy atom. The maximum atomic E-state index is 13.8. The molecule has 0 aliphatic rings. The summed E-state index contributed by atoms with van der Waals surface area (Å²) in [5.74, 6) is 0.0474. The molecule has 1 amide bonds. The van der Waals surface area contributed by atoms with Crippen molar-refractivity contribution in [1.82, 2.24) is 0 Å². The molecule has 9 heteroatoms. The zero-order valence-corrected chi connectivity index (χ0v) is 20.3. The molecular weight excluding hydrogens is 464 g/mol. The largest absolute Gasteiger partial charge is 0.495 e. The summed E-state index contributed by atoms with van der Waals surface area (Å²) in [7, 11) is -1.35. The number of nitrogens with zero attached hydrogens (tertiary/aromatic N) is 1. The molecule has 7 nitrogen and oxygen atoms in total. The normalized spacial score (nSPS) is 11.1. The van der Waals surface area contributed by atoms with Crippen molar-refractivity contribution >= 4 is 38.9 Å². The van der Waals surface area contributed by atoms with Gasteiger partial charge < -0.3 is 14.8 Å². The third kappa shape index (κ3) is 5.40. The Kier molecular flexibility index (Phi) is 7.50. The number of ether oxygens (including phenoxy) is 2. The van der Waals surface area contributed by atoms with Gasteiger partial charge in [0.1, 0.15) is 22.9 Å². The van der Waals surface area contributed by atoms with Gasteiger partial charge in [-0.1, -0.05) is 35.9 Å². The fraction of sp³-hybridized carbons (Fsp3) is 0.208. The van der Waals surface area contributed by atoms with E-state index in [4.69, 9.17) is 21.1 Å². The molecule has 33 heavy (non-hydrogen) atoms. The lowest BCUT2D eigenvalue weighted by Crippen LogP contribution is -2.38. The molecule has 0 radical (unpaired) electrons. The van der Waals surface area contributed by atoms with Gasteiger partial charge in [-0.15, -0.1) is 0 Å². The van der Waals surface area contributed by atoms with Crippen LogP contribution in [0, 0.1) is 13.8 Å². The summed E-state index contributed by atoms with van der Waals surface area (Å²) < 4.78 is 39.0. The Morgan fingerprint density at radius 2 is 1.64 bits per heavy atom. The van der Waals surface area contributed by atoms with Crippen molar-refractivity contribution in [3.8, 4) is 11.5 Å². The van der Waals surface area contributed by atoms with Crippen LogP contribution >= 0.6 is 11.6 Å². The van der Waals surface area contributed by atoms with Gasteiger partial charge in [-0.2, -0.15) is 0 Å². The van der Waals surface area contributed by atoms with E-state index in [9.17, 15) is 13.2 Å². The third-order valence-corrected chi connectivity index (χ3v) is 7.11. The number of benzene rings is 3. The second kappa shape index (κ2) is 10.1. The second-order valence-corrected chi connectivity index (χ2v) is 9.59. The minimum atomic E-state index is -4.21. The van der Waals surface area contributed by atoms with Crippen molar-refractivity contribution in [3.63, 3.8) is 0 Å². The van der Waals surface area contributed by atoms with Crippen LogP contribution < -0.4 is 19.1 Å². The van der Waals surface area contributed by atoms with Crippen molar-refractivity contribution in [2.24, 2.45) is 0 Å². The number of hydrogen-bond donors (Lipinski definition) is 1. The molecule has 0 atom stereocenters. The van der Waals surface area contributed by atoms with Gasteiger partial charge in [-0.25, -0.2) is 8.42 Å².